The summed E-state index contributed by atoms with van der Waals surface area (Å²) < 4.78 is 10.2. The second kappa shape index (κ2) is 8.30. The number of ether oxygens (including phenoxy) is 1. The zero-order valence-electron chi connectivity index (χ0n) is 15.1. The summed E-state index contributed by atoms with van der Waals surface area (Å²) in [5.41, 5.74) is 1.27. The molecule has 146 valence electrons. The van der Waals surface area contributed by atoms with Crippen molar-refractivity contribution in [2.45, 2.75) is 20.8 Å². The summed E-state index contributed by atoms with van der Waals surface area (Å²) >= 11 is 13.5. The molecule has 2 heterocycles. The Balaban J connectivity index is 1.94. The van der Waals surface area contributed by atoms with Gasteiger partial charge in [-0.05, 0) is 32.9 Å². The average molecular weight is 440 g/mol. The molecule has 1 aromatic carbocycles. The van der Waals surface area contributed by atoms with E-state index in [4.69, 9.17) is 32.5 Å². The Morgan fingerprint density at radius 3 is 2.57 bits per heavy atom. The first kappa shape index (κ1) is 20.3. The molecule has 0 saturated heterocycles. The number of halogens is 2. The molecule has 1 N–H and O–H groups in total. The number of aromatic nitrogens is 2. The van der Waals surface area contributed by atoms with Crippen LogP contribution in [-0.4, -0.2) is 28.6 Å². The van der Waals surface area contributed by atoms with E-state index >= 15 is 0 Å². The Morgan fingerprint density at radius 1 is 1.25 bits per heavy atom. The van der Waals surface area contributed by atoms with Crippen molar-refractivity contribution in [3.63, 3.8) is 0 Å². The van der Waals surface area contributed by atoms with Crippen molar-refractivity contribution in [1.82, 2.24) is 10.1 Å². The quantitative estimate of drug-likeness (QED) is 0.552. The summed E-state index contributed by atoms with van der Waals surface area (Å²) in [6, 6.07) is 4.98. The van der Waals surface area contributed by atoms with E-state index in [9.17, 15) is 9.59 Å². The highest BCUT2D eigenvalue weighted by molar-refractivity contribution is 7.17. The van der Waals surface area contributed by atoms with E-state index in [1.165, 1.54) is 0 Å². The van der Waals surface area contributed by atoms with Gasteiger partial charge in [0, 0.05) is 5.56 Å². The minimum Gasteiger partial charge on any atom is -0.462 e. The zero-order chi connectivity index (χ0) is 20.4. The third-order valence-corrected chi connectivity index (χ3v) is 5.45. The highest BCUT2D eigenvalue weighted by atomic mass is 35.5. The molecule has 28 heavy (non-hydrogen) atoms. The van der Waals surface area contributed by atoms with E-state index < -0.39 is 11.9 Å². The van der Waals surface area contributed by atoms with Crippen LogP contribution in [0.4, 0.5) is 5.13 Å². The van der Waals surface area contributed by atoms with Gasteiger partial charge in [0.1, 0.15) is 21.9 Å². The van der Waals surface area contributed by atoms with E-state index in [0.717, 1.165) is 11.3 Å². The number of hydrogen-bond acceptors (Lipinski definition) is 7. The number of nitrogens with zero attached hydrogens (tertiary/aromatic N) is 2. The van der Waals surface area contributed by atoms with Gasteiger partial charge >= 0.3 is 5.97 Å². The number of esters is 1. The van der Waals surface area contributed by atoms with Gasteiger partial charge in [0.15, 0.2) is 5.13 Å². The lowest BCUT2D eigenvalue weighted by atomic mass is 10.1. The van der Waals surface area contributed by atoms with Gasteiger partial charge in [0.05, 0.1) is 22.3 Å². The van der Waals surface area contributed by atoms with E-state index in [1.54, 1.807) is 39.0 Å². The monoisotopic (exact) mass is 439 g/mol. The van der Waals surface area contributed by atoms with Crippen LogP contribution in [0, 0.1) is 13.8 Å². The highest BCUT2D eigenvalue weighted by Gasteiger charge is 2.26. The summed E-state index contributed by atoms with van der Waals surface area (Å²) in [4.78, 5) is 29.4. The van der Waals surface area contributed by atoms with Crippen molar-refractivity contribution in [2.24, 2.45) is 0 Å². The van der Waals surface area contributed by atoms with Crippen LogP contribution in [0.25, 0.3) is 11.3 Å². The molecule has 0 aliphatic rings. The van der Waals surface area contributed by atoms with Crippen molar-refractivity contribution >= 4 is 51.5 Å². The van der Waals surface area contributed by atoms with Crippen molar-refractivity contribution in [1.29, 1.82) is 0 Å². The summed E-state index contributed by atoms with van der Waals surface area (Å²) in [6.07, 6.45) is 0. The molecule has 0 fully saturated rings. The fourth-order valence-electron chi connectivity index (χ4n) is 2.53. The predicted octanol–water partition coefficient (Wildman–Crippen LogP) is 5.15. The Morgan fingerprint density at radius 2 is 1.93 bits per heavy atom. The minimum absolute atomic E-state index is 0.181. The number of benzene rings is 1. The lowest BCUT2D eigenvalue weighted by molar-refractivity contribution is 0.0531. The number of hydrogen-bond donors (Lipinski definition) is 1. The summed E-state index contributed by atoms with van der Waals surface area (Å²) in [5.74, 6) is -0.695. The molecular formula is C18H15Cl2N3O4S. The first-order chi connectivity index (χ1) is 13.3. The van der Waals surface area contributed by atoms with Gasteiger partial charge in [-0.3, -0.25) is 10.1 Å². The summed E-state index contributed by atoms with van der Waals surface area (Å²) in [6.45, 7) is 5.23. The lowest BCUT2D eigenvalue weighted by Crippen LogP contribution is -2.13. The molecule has 2 aromatic heterocycles. The van der Waals surface area contributed by atoms with E-state index in [1.807, 2.05) is 0 Å². The van der Waals surface area contributed by atoms with Crippen LogP contribution in [0.3, 0.4) is 0 Å². The van der Waals surface area contributed by atoms with Crippen LogP contribution >= 0.6 is 34.5 Å². The van der Waals surface area contributed by atoms with Gasteiger partial charge in [-0.1, -0.05) is 45.8 Å². The Labute approximate surface area is 174 Å². The maximum atomic E-state index is 12.9. The molecule has 10 heteroatoms. The van der Waals surface area contributed by atoms with Crippen LogP contribution < -0.4 is 5.32 Å². The zero-order valence-corrected chi connectivity index (χ0v) is 17.5. The normalized spacial score (nSPS) is 10.8. The van der Waals surface area contributed by atoms with Gasteiger partial charge in [-0.2, -0.15) is 0 Å². The van der Waals surface area contributed by atoms with Crippen molar-refractivity contribution in [3.8, 4) is 11.3 Å². The SMILES string of the molecule is CCOC(=O)c1sc(NC(=O)c2c(-c3c(Cl)cccc3Cl)noc2C)nc1C. The van der Waals surface area contributed by atoms with Crippen molar-refractivity contribution < 1.29 is 18.8 Å². The van der Waals surface area contributed by atoms with Crippen LogP contribution in [0.5, 0.6) is 0 Å². The van der Waals surface area contributed by atoms with Crippen molar-refractivity contribution in [2.75, 3.05) is 11.9 Å². The number of thiazole rings is 1. The molecule has 0 aliphatic heterocycles. The van der Waals surface area contributed by atoms with Gasteiger partial charge in [0.25, 0.3) is 5.91 Å². The van der Waals surface area contributed by atoms with Crippen LogP contribution in [0.1, 0.15) is 38.4 Å². The number of aryl methyl sites for hydroxylation is 2. The number of carbonyl (C=O) groups excluding carboxylic acids is 2. The third-order valence-electron chi connectivity index (χ3n) is 3.77. The molecule has 0 bridgehead atoms. The molecule has 7 nitrogen and oxygen atoms in total. The summed E-state index contributed by atoms with van der Waals surface area (Å²) in [5, 5.41) is 7.54. The van der Waals surface area contributed by atoms with Gasteiger partial charge in [-0.15, -0.1) is 0 Å². The molecule has 0 saturated carbocycles. The largest absolute Gasteiger partial charge is 0.462 e. The second-order valence-electron chi connectivity index (χ2n) is 5.67. The Hall–Kier alpha value is -2.42. The topological polar surface area (TPSA) is 94.3 Å². The predicted molar refractivity (Wildman–Crippen MR) is 107 cm³/mol. The fourth-order valence-corrected chi connectivity index (χ4v) is 3.96. The Kier molecular flexibility index (Phi) is 6.02. The van der Waals surface area contributed by atoms with Gasteiger partial charge in [0.2, 0.25) is 0 Å². The number of amides is 1. The molecule has 0 unspecified atom stereocenters. The van der Waals surface area contributed by atoms with E-state index in [-0.39, 0.29) is 23.0 Å². The van der Waals surface area contributed by atoms with Gasteiger partial charge < -0.3 is 9.26 Å². The molecule has 0 aliphatic carbocycles. The first-order valence-electron chi connectivity index (χ1n) is 8.20. The fraction of sp³-hybridized carbons (Fsp3) is 0.222. The number of carbonyl (C=O) groups is 2. The third kappa shape index (κ3) is 3.89. The van der Waals surface area contributed by atoms with Crippen LogP contribution in [0.15, 0.2) is 22.7 Å². The molecule has 0 atom stereocenters. The number of anilines is 1. The number of nitrogens with one attached hydrogen (secondary N) is 1. The maximum Gasteiger partial charge on any atom is 0.350 e. The van der Waals surface area contributed by atoms with Crippen LogP contribution in [0.2, 0.25) is 10.0 Å². The summed E-state index contributed by atoms with van der Waals surface area (Å²) in [7, 11) is 0. The maximum absolute atomic E-state index is 12.9. The van der Waals surface area contributed by atoms with E-state index in [2.05, 4.69) is 15.5 Å². The number of rotatable bonds is 5. The molecule has 0 spiro atoms. The molecule has 0 radical (unpaired) electrons. The first-order valence-corrected chi connectivity index (χ1v) is 9.77. The lowest BCUT2D eigenvalue weighted by Gasteiger charge is -2.06. The average Bonchev–Trinajstić information content (AvgIpc) is 3.18. The minimum atomic E-state index is -0.506. The molecule has 1 amide bonds. The van der Waals surface area contributed by atoms with Crippen molar-refractivity contribution in [3.05, 3.63) is 50.1 Å². The highest BCUT2D eigenvalue weighted by Crippen LogP contribution is 2.37. The van der Waals surface area contributed by atoms with Gasteiger partial charge in [-0.25, -0.2) is 9.78 Å². The second-order valence-corrected chi connectivity index (χ2v) is 7.48. The van der Waals surface area contributed by atoms with E-state index in [0.29, 0.717) is 31.9 Å². The molecular weight excluding hydrogens is 425 g/mol. The smallest absolute Gasteiger partial charge is 0.350 e. The van der Waals surface area contributed by atoms with Crippen LogP contribution in [-0.2, 0) is 4.74 Å². The standard InChI is InChI=1S/C18H15Cl2N3O4S/c1-4-26-17(25)15-8(2)21-18(28-15)22-16(24)12-9(3)27-23-14(12)13-10(19)6-5-7-11(13)20/h5-7H,4H2,1-3H3,(H,21,22,24). The molecule has 3 aromatic rings. The Bertz CT molecular complexity index is 1040. The molecule has 3 rings (SSSR count).